The third-order valence-electron chi connectivity index (χ3n) is 0.974. The number of carbonyl (C=O) groups excluding carboxylic acids is 1. The van der Waals surface area contributed by atoms with E-state index in [-0.39, 0.29) is 0 Å². The van der Waals surface area contributed by atoms with Gasteiger partial charge in [-0.3, -0.25) is 5.32 Å². The van der Waals surface area contributed by atoms with Gasteiger partial charge in [-0.2, -0.15) is 0 Å². The van der Waals surface area contributed by atoms with Gasteiger partial charge in [0.15, 0.2) is 6.23 Å². The zero-order chi connectivity index (χ0) is 7.40. The van der Waals surface area contributed by atoms with Gasteiger partial charge in [0.1, 0.15) is 0 Å². The van der Waals surface area contributed by atoms with Crippen molar-refractivity contribution in [2.24, 2.45) is 0 Å². The normalized spacial score (nSPS) is 21.8. The van der Waals surface area contributed by atoms with Crippen molar-refractivity contribution >= 4 is 6.03 Å². The van der Waals surface area contributed by atoms with Crippen LogP contribution in [0.5, 0.6) is 0 Å². The smallest absolute Gasteiger partial charge is 0.336 e. The highest BCUT2D eigenvalue weighted by atomic mass is 16.5. The van der Waals surface area contributed by atoms with Crippen LogP contribution in [0.25, 0.3) is 0 Å². The Bertz CT molecular complexity index is 186. The minimum absolute atomic E-state index is 0.477. The summed E-state index contributed by atoms with van der Waals surface area (Å²) >= 11 is 0. The van der Waals surface area contributed by atoms with E-state index in [0.29, 0.717) is 0 Å². The molecule has 1 atom stereocenters. The van der Waals surface area contributed by atoms with Crippen LogP contribution in [-0.4, -0.2) is 12.3 Å². The Kier molecular flexibility index (Phi) is 1.94. The van der Waals surface area contributed by atoms with E-state index < -0.39 is 12.3 Å². The molecule has 0 saturated carbocycles. The molecule has 0 aromatic carbocycles. The summed E-state index contributed by atoms with van der Waals surface area (Å²) in [5.41, 5.74) is 6.53. The van der Waals surface area contributed by atoms with Crippen molar-refractivity contribution in [3.8, 4) is 0 Å². The van der Waals surface area contributed by atoms with E-state index in [1.54, 1.807) is 18.2 Å². The summed E-state index contributed by atoms with van der Waals surface area (Å²) < 4.78 is 4.87. The van der Waals surface area contributed by atoms with Crippen LogP contribution in [0.4, 0.5) is 4.79 Å². The van der Waals surface area contributed by atoms with Gasteiger partial charge in [-0.05, 0) is 12.2 Å². The molecule has 0 fully saturated rings. The Balaban J connectivity index is 2.37. The number of hydrogen-bond donors (Lipinski definition) is 1. The summed E-state index contributed by atoms with van der Waals surface area (Å²) in [6.45, 7) is 0. The third-order valence-corrected chi connectivity index (χ3v) is 0.974. The number of allylic oxidation sites excluding steroid dienone is 2. The second kappa shape index (κ2) is 2.91. The lowest BCUT2D eigenvalue weighted by Crippen LogP contribution is -2.34. The first-order valence-electron chi connectivity index (χ1n) is 2.80. The maximum Gasteiger partial charge on any atom is 0.336 e. The summed E-state index contributed by atoms with van der Waals surface area (Å²) in [5, 5.41) is 2.25. The minimum Gasteiger partial charge on any atom is -0.475 e. The van der Waals surface area contributed by atoms with Crippen molar-refractivity contribution in [2.75, 3.05) is 0 Å². The number of rotatable bonds is 1. The first kappa shape index (κ1) is 6.67. The van der Waals surface area contributed by atoms with Gasteiger partial charge in [-0.15, -0.1) is 0 Å². The molecule has 1 aliphatic heterocycles. The van der Waals surface area contributed by atoms with Gasteiger partial charge in [-0.1, -0.05) is 6.08 Å². The predicted octanol–water partition coefficient (Wildman–Crippen LogP) is 0.405. The lowest BCUT2D eigenvalue weighted by Gasteiger charge is -2.13. The van der Waals surface area contributed by atoms with Crippen LogP contribution in [0.3, 0.4) is 0 Å². The zero-order valence-corrected chi connectivity index (χ0v) is 5.20. The summed E-state index contributed by atoms with van der Waals surface area (Å²) in [7, 11) is 0. The monoisotopic (exact) mass is 139 g/mol. The van der Waals surface area contributed by atoms with Crippen molar-refractivity contribution in [3.05, 3.63) is 24.5 Å². The molecule has 4 heteroatoms. The Hall–Kier alpha value is -1.45. The van der Waals surface area contributed by atoms with E-state index in [4.69, 9.17) is 10.5 Å². The predicted molar refractivity (Wildman–Crippen MR) is 34.8 cm³/mol. The molecule has 0 saturated heterocycles. The SMILES string of the molecule is [NH]C(=O)NC1C=CC=CO1. The van der Waals surface area contributed by atoms with Gasteiger partial charge in [0.05, 0.1) is 6.26 Å². The van der Waals surface area contributed by atoms with Crippen LogP contribution in [0.2, 0.25) is 0 Å². The van der Waals surface area contributed by atoms with Gasteiger partial charge in [0.25, 0.3) is 0 Å². The second-order valence-electron chi connectivity index (χ2n) is 1.74. The van der Waals surface area contributed by atoms with E-state index in [0.717, 1.165) is 0 Å². The Labute approximate surface area is 58.3 Å². The van der Waals surface area contributed by atoms with Crippen LogP contribution in [0, 0.1) is 0 Å². The molecular weight excluding hydrogens is 132 g/mol. The van der Waals surface area contributed by atoms with E-state index in [1.807, 2.05) is 0 Å². The maximum absolute atomic E-state index is 10.1. The summed E-state index contributed by atoms with van der Waals surface area (Å²) in [6, 6.07) is -0.843. The van der Waals surface area contributed by atoms with Crippen LogP contribution in [0.1, 0.15) is 0 Å². The standard InChI is InChI=1S/C6H7N2O2/c7-6(9)8-5-3-1-2-4-10-5/h1-5,7H,(H,8,9). The number of hydrogen-bond acceptors (Lipinski definition) is 2. The highest BCUT2D eigenvalue weighted by Crippen LogP contribution is 1.97. The quantitative estimate of drug-likeness (QED) is 0.571. The first-order valence-corrected chi connectivity index (χ1v) is 2.80. The molecular formula is C6H7N2O2. The van der Waals surface area contributed by atoms with Crippen molar-refractivity contribution in [2.45, 2.75) is 6.23 Å². The Morgan fingerprint density at radius 3 is 2.90 bits per heavy atom. The number of urea groups is 1. The van der Waals surface area contributed by atoms with Gasteiger partial charge < -0.3 is 4.74 Å². The first-order chi connectivity index (χ1) is 4.79. The Morgan fingerprint density at radius 2 is 2.40 bits per heavy atom. The molecule has 4 nitrogen and oxygen atoms in total. The molecule has 0 spiro atoms. The molecule has 2 amide bonds. The number of ether oxygens (including phenoxy) is 1. The van der Waals surface area contributed by atoms with Crippen molar-refractivity contribution in [3.63, 3.8) is 0 Å². The summed E-state index contributed by atoms with van der Waals surface area (Å²) in [5.74, 6) is 0. The molecule has 1 heterocycles. The maximum atomic E-state index is 10.1. The average molecular weight is 139 g/mol. The highest BCUT2D eigenvalue weighted by molar-refractivity contribution is 5.71. The van der Waals surface area contributed by atoms with E-state index in [2.05, 4.69) is 5.32 Å². The van der Waals surface area contributed by atoms with Crippen molar-refractivity contribution in [1.82, 2.24) is 11.1 Å². The van der Waals surface area contributed by atoms with E-state index in [9.17, 15) is 4.79 Å². The fourth-order valence-electron chi connectivity index (χ4n) is 0.597. The number of carbonyl (C=O) groups is 1. The van der Waals surface area contributed by atoms with Gasteiger partial charge in [0, 0.05) is 0 Å². The molecule has 53 valence electrons. The Morgan fingerprint density at radius 1 is 1.60 bits per heavy atom. The molecule has 1 radical (unpaired) electrons. The van der Waals surface area contributed by atoms with Gasteiger partial charge in [-0.25, -0.2) is 10.5 Å². The van der Waals surface area contributed by atoms with Crippen LogP contribution in [0.15, 0.2) is 24.5 Å². The van der Waals surface area contributed by atoms with E-state index in [1.165, 1.54) is 6.26 Å². The molecule has 0 aromatic heterocycles. The highest BCUT2D eigenvalue weighted by Gasteiger charge is 2.06. The van der Waals surface area contributed by atoms with Crippen LogP contribution in [-0.2, 0) is 4.74 Å². The topological polar surface area (TPSA) is 62.1 Å². The molecule has 1 rings (SSSR count). The third kappa shape index (κ3) is 1.81. The molecule has 10 heavy (non-hydrogen) atoms. The fourth-order valence-corrected chi connectivity index (χ4v) is 0.597. The van der Waals surface area contributed by atoms with Gasteiger partial charge in [0.2, 0.25) is 0 Å². The molecule has 0 bridgehead atoms. The number of nitrogens with one attached hydrogen (secondary N) is 2. The molecule has 1 unspecified atom stereocenters. The fraction of sp³-hybridized carbons (Fsp3) is 0.167. The molecule has 2 N–H and O–H groups in total. The number of amides is 2. The molecule has 1 aliphatic rings. The summed E-state index contributed by atoms with van der Waals surface area (Å²) in [6.07, 6.45) is 6.07. The van der Waals surface area contributed by atoms with Crippen LogP contribution < -0.4 is 11.1 Å². The largest absolute Gasteiger partial charge is 0.475 e. The zero-order valence-electron chi connectivity index (χ0n) is 5.20. The lowest BCUT2D eigenvalue weighted by molar-refractivity contribution is 0.154. The van der Waals surface area contributed by atoms with Crippen molar-refractivity contribution in [1.29, 1.82) is 0 Å². The molecule has 0 aromatic rings. The lowest BCUT2D eigenvalue weighted by atomic mass is 10.4. The average Bonchev–Trinajstić information content (AvgIpc) is 1.88. The molecule has 0 aliphatic carbocycles. The van der Waals surface area contributed by atoms with Crippen LogP contribution >= 0.6 is 0 Å². The van der Waals surface area contributed by atoms with Crippen molar-refractivity contribution < 1.29 is 9.53 Å². The minimum atomic E-state index is -0.843. The second-order valence-corrected chi connectivity index (χ2v) is 1.74. The summed E-state index contributed by atoms with van der Waals surface area (Å²) in [4.78, 5) is 10.1. The van der Waals surface area contributed by atoms with E-state index >= 15 is 0 Å². The van der Waals surface area contributed by atoms with Gasteiger partial charge >= 0.3 is 6.03 Å².